The summed E-state index contributed by atoms with van der Waals surface area (Å²) in [5.41, 5.74) is 6.55. The Hall–Kier alpha value is -1.10. The van der Waals surface area contributed by atoms with Gasteiger partial charge in [0, 0.05) is 23.7 Å². The lowest BCUT2D eigenvalue weighted by Crippen LogP contribution is -2.56. The van der Waals surface area contributed by atoms with Gasteiger partial charge in [0.25, 0.3) is 0 Å². The molecule has 2 atom stereocenters. The Morgan fingerprint density at radius 2 is 2.10 bits per heavy atom. The Morgan fingerprint density at radius 3 is 2.65 bits per heavy atom. The summed E-state index contributed by atoms with van der Waals surface area (Å²) in [5.74, 6) is -0.388. The van der Waals surface area contributed by atoms with Crippen LogP contribution in [0, 0.1) is 0 Å². The number of primary amides is 1. The molecule has 1 aromatic rings. The van der Waals surface area contributed by atoms with Crippen molar-refractivity contribution >= 4 is 17.5 Å². The Morgan fingerprint density at radius 1 is 1.45 bits per heavy atom. The molecule has 1 fully saturated rings. The highest BCUT2D eigenvalue weighted by atomic mass is 35.5. The van der Waals surface area contributed by atoms with E-state index in [2.05, 4.69) is 18.7 Å². The number of hydrogen-bond donors (Lipinski definition) is 1. The van der Waals surface area contributed by atoms with E-state index in [1.54, 1.807) is 0 Å². The predicted octanol–water partition coefficient (Wildman–Crippen LogP) is 1.85. The zero-order chi connectivity index (χ0) is 14.7. The fourth-order valence-electron chi connectivity index (χ4n) is 2.59. The molecule has 5 heteroatoms. The van der Waals surface area contributed by atoms with Crippen LogP contribution < -0.4 is 5.73 Å². The molecule has 2 N–H and O–H groups in total. The summed E-state index contributed by atoms with van der Waals surface area (Å²) in [6.07, 6.45) is 0.375. The Kier molecular flexibility index (Phi) is 5.02. The number of ether oxygens (including phenoxy) is 1. The van der Waals surface area contributed by atoms with Gasteiger partial charge in [-0.05, 0) is 38.0 Å². The molecule has 110 valence electrons. The number of halogens is 1. The van der Waals surface area contributed by atoms with E-state index in [0.29, 0.717) is 19.2 Å². The van der Waals surface area contributed by atoms with E-state index in [1.807, 2.05) is 24.3 Å². The van der Waals surface area contributed by atoms with E-state index in [-0.39, 0.29) is 11.9 Å². The van der Waals surface area contributed by atoms with Crippen molar-refractivity contribution in [2.24, 2.45) is 5.73 Å². The molecule has 0 saturated carbocycles. The monoisotopic (exact) mass is 296 g/mol. The maximum atomic E-state index is 11.3. The second kappa shape index (κ2) is 6.57. The second-order valence-electron chi connectivity index (χ2n) is 5.50. The standard InChI is InChI=1S/C15H21ClN2O2/c1-10(2)18-8-14(15(17)19)20-9-13(18)7-11-3-5-12(16)6-4-11/h3-6,10,13-14H,7-9H2,1-2H3,(H2,17,19)/t13-,14?/m1/s1. The van der Waals surface area contributed by atoms with Gasteiger partial charge in [-0.25, -0.2) is 0 Å². The van der Waals surface area contributed by atoms with E-state index in [9.17, 15) is 4.79 Å². The van der Waals surface area contributed by atoms with Crippen LogP contribution in [-0.2, 0) is 16.0 Å². The lowest BCUT2D eigenvalue weighted by atomic mass is 10.0. The zero-order valence-electron chi connectivity index (χ0n) is 11.9. The van der Waals surface area contributed by atoms with Crippen LogP contribution in [0.4, 0.5) is 0 Å². The van der Waals surface area contributed by atoms with Gasteiger partial charge in [0.05, 0.1) is 6.61 Å². The number of hydrogen-bond acceptors (Lipinski definition) is 3. The minimum Gasteiger partial charge on any atom is -0.367 e. The average Bonchev–Trinajstić information content (AvgIpc) is 2.41. The smallest absolute Gasteiger partial charge is 0.247 e. The molecule has 1 aliphatic rings. The molecule has 0 spiro atoms. The number of carbonyl (C=O) groups is 1. The Labute approximate surface area is 124 Å². The van der Waals surface area contributed by atoms with Crippen LogP contribution >= 0.6 is 11.6 Å². The highest BCUT2D eigenvalue weighted by Gasteiger charge is 2.33. The summed E-state index contributed by atoms with van der Waals surface area (Å²) < 4.78 is 5.59. The highest BCUT2D eigenvalue weighted by Crippen LogP contribution is 2.20. The summed E-state index contributed by atoms with van der Waals surface area (Å²) in [6, 6.07) is 8.45. The molecule has 20 heavy (non-hydrogen) atoms. The summed E-state index contributed by atoms with van der Waals surface area (Å²) in [5, 5.41) is 0.739. The normalized spacial score (nSPS) is 24.0. The number of nitrogens with zero attached hydrogens (tertiary/aromatic N) is 1. The van der Waals surface area contributed by atoms with Crippen LogP contribution in [0.5, 0.6) is 0 Å². The molecule has 2 rings (SSSR count). The third-order valence-corrected chi connectivity index (χ3v) is 3.95. The van der Waals surface area contributed by atoms with Crippen molar-refractivity contribution in [1.29, 1.82) is 0 Å². The molecule has 1 unspecified atom stereocenters. The summed E-state index contributed by atoms with van der Waals surface area (Å²) >= 11 is 5.90. The zero-order valence-corrected chi connectivity index (χ0v) is 12.6. The first-order valence-electron chi connectivity index (χ1n) is 6.88. The lowest BCUT2D eigenvalue weighted by molar-refractivity contribution is -0.140. The van der Waals surface area contributed by atoms with Crippen LogP contribution in [-0.4, -0.2) is 42.1 Å². The quantitative estimate of drug-likeness (QED) is 0.922. The Bertz CT molecular complexity index is 461. The fourth-order valence-corrected chi connectivity index (χ4v) is 2.72. The minimum absolute atomic E-state index is 0.256. The predicted molar refractivity (Wildman–Crippen MR) is 79.7 cm³/mol. The first kappa shape index (κ1) is 15.3. The van der Waals surface area contributed by atoms with Crippen molar-refractivity contribution in [3.63, 3.8) is 0 Å². The van der Waals surface area contributed by atoms with E-state index in [0.717, 1.165) is 11.4 Å². The molecular weight excluding hydrogens is 276 g/mol. The fraction of sp³-hybridized carbons (Fsp3) is 0.533. The van der Waals surface area contributed by atoms with Gasteiger partial charge >= 0.3 is 0 Å². The van der Waals surface area contributed by atoms with Gasteiger partial charge in [0.1, 0.15) is 6.10 Å². The van der Waals surface area contributed by atoms with Crippen molar-refractivity contribution in [3.05, 3.63) is 34.9 Å². The number of benzene rings is 1. The van der Waals surface area contributed by atoms with Crippen LogP contribution in [0.25, 0.3) is 0 Å². The third-order valence-electron chi connectivity index (χ3n) is 3.70. The van der Waals surface area contributed by atoms with Crippen LogP contribution in [0.1, 0.15) is 19.4 Å². The molecule has 1 amide bonds. The van der Waals surface area contributed by atoms with E-state index in [4.69, 9.17) is 22.1 Å². The van der Waals surface area contributed by atoms with Crippen molar-refractivity contribution < 1.29 is 9.53 Å². The molecule has 0 aliphatic carbocycles. The first-order valence-corrected chi connectivity index (χ1v) is 7.26. The molecule has 4 nitrogen and oxygen atoms in total. The number of morpholine rings is 1. The lowest BCUT2D eigenvalue weighted by Gasteiger charge is -2.41. The SMILES string of the molecule is CC(C)N1CC(C(N)=O)OC[C@H]1Cc1ccc(Cl)cc1. The minimum atomic E-state index is -0.501. The number of nitrogens with two attached hydrogens (primary N) is 1. The summed E-state index contributed by atoms with van der Waals surface area (Å²) in [7, 11) is 0. The largest absolute Gasteiger partial charge is 0.367 e. The van der Waals surface area contributed by atoms with Gasteiger partial charge in [-0.2, -0.15) is 0 Å². The summed E-state index contributed by atoms with van der Waals surface area (Å²) in [4.78, 5) is 13.6. The van der Waals surface area contributed by atoms with Crippen LogP contribution in [0.2, 0.25) is 5.02 Å². The van der Waals surface area contributed by atoms with Crippen molar-refractivity contribution in [2.45, 2.75) is 38.5 Å². The molecule has 1 saturated heterocycles. The second-order valence-corrected chi connectivity index (χ2v) is 5.94. The third kappa shape index (κ3) is 3.72. The number of amides is 1. The van der Waals surface area contributed by atoms with Crippen molar-refractivity contribution in [1.82, 2.24) is 4.90 Å². The van der Waals surface area contributed by atoms with E-state index in [1.165, 1.54) is 5.56 Å². The number of carbonyl (C=O) groups excluding carboxylic acids is 1. The van der Waals surface area contributed by atoms with Gasteiger partial charge < -0.3 is 10.5 Å². The van der Waals surface area contributed by atoms with Crippen LogP contribution in [0.3, 0.4) is 0 Å². The van der Waals surface area contributed by atoms with Crippen molar-refractivity contribution in [3.8, 4) is 0 Å². The molecule has 0 bridgehead atoms. The van der Waals surface area contributed by atoms with Gasteiger partial charge in [-0.15, -0.1) is 0 Å². The molecule has 0 aromatic heterocycles. The van der Waals surface area contributed by atoms with Crippen molar-refractivity contribution in [2.75, 3.05) is 13.2 Å². The average molecular weight is 297 g/mol. The van der Waals surface area contributed by atoms with E-state index < -0.39 is 6.10 Å². The first-order chi connectivity index (χ1) is 9.47. The maximum absolute atomic E-state index is 11.3. The summed E-state index contributed by atoms with van der Waals surface area (Å²) in [6.45, 7) is 5.33. The van der Waals surface area contributed by atoms with E-state index >= 15 is 0 Å². The molecule has 1 aromatic carbocycles. The van der Waals surface area contributed by atoms with Gasteiger partial charge in [-0.1, -0.05) is 23.7 Å². The van der Waals surface area contributed by atoms with Gasteiger partial charge in [0.2, 0.25) is 5.91 Å². The van der Waals surface area contributed by atoms with Gasteiger partial charge in [-0.3, -0.25) is 9.69 Å². The maximum Gasteiger partial charge on any atom is 0.247 e. The highest BCUT2D eigenvalue weighted by molar-refractivity contribution is 6.30. The van der Waals surface area contributed by atoms with Gasteiger partial charge in [0.15, 0.2) is 0 Å². The van der Waals surface area contributed by atoms with Crippen LogP contribution in [0.15, 0.2) is 24.3 Å². The topological polar surface area (TPSA) is 55.6 Å². The Balaban J connectivity index is 2.06. The molecule has 1 aliphatic heterocycles. The number of rotatable bonds is 4. The molecular formula is C15H21ClN2O2. The molecule has 1 heterocycles. The molecule has 0 radical (unpaired) electrons.